The average Bonchev–Trinajstić information content (AvgIpc) is 2.80. The maximum Gasteiger partial charge on any atom is 0.277 e. The first-order valence-corrected chi connectivity index (χ1v) is 9.21. The Morgan fingerprint density at radius 2 is 1.63 bits per heavy atom. The van der Waals surface area contributed by atoms with Crippen molar-refractivity contribution in [1.29, 1.82) is 0 Å². The topological polar surface area (TPSA) is 100 Å². The number of hydrogen-bond donors (Lipinski definition) is 2. The third kappa shape index (κ3) is 4.05. The Labute approximate surface area is 172 Å². The maximum absolute atomic E-state index is 12.9. The Morgan fingerprint density at radius 3 is 2.30 bits per heavy atom. The first-order valence-electron chi connectivity index (χ1n) is 9.21. The van der Waals surface area contributed by atoms with Gasteiger partial charge in [-0.25, -0.2) is 10.5 Å². The SMILES string of the molecule is O=C(NN=Cc1cccnc1)c1c(-c2ccccc2)c(-c2ccccc2)n[nH]c1=O. The fraction of sp³-hybridized carbons (Fsp3) is 0. The molecule has 2 N–H and O–H groups in total. The van der Waals surface area contributed by atoms with E-state index in [1.165, 1.54) is 6.21 Å². The number of rotatable bonds is 5. The highest BCUT2D eigenvalue weighted by Crippen LogP contribution is 2.31. The summed E-state index contributed by atoms with van der Waals surface area (Å²) in [6.07, 6.45) is 4.71. The van der Waals surface area contributed by atoms with E-state index in [-0.39, 0.29) is 5.56 Å². The van der Waals surface area contributed by atoms with Crippen LogP contribution >= 0.6 is 0 Å². The molecule has 0 aliphatic rings. The van der Waals surface area contributed by atoms with Gasteiger partial charge in [0.25, 0.3) is 11.5 Å². The van der Waals surface area contributed by atoms with Gasteiger partial charge in [-0.1, -0.05) is 66.7 Å². The van der Waals surface area contributed by atoms with Crippen LogP contribution in [0.25, 0.3) is 22.4 Å². The molecule has 2 heterocycles. The van der Waals surface area contributed by atoms with Gasteiger partial charge in [0, 0.05) is 29.1 Å². The number of hydrazone groups is 1. The van der Waals surface area contributed by atoms with Crippen LogP contribution in [0.2, 0.25) is 0 Å². The lowest BCUT2D eigenvalue weighted by molar-refractivity contribution is 0.0954. The third-order valence-corrected chi connectivity index (χ3v) is 4.38. The van der Waals surface area contributed by atoms with Crippen molar-refractivity contribution in [1.82, 2.24) is 20.6 Å². The van der Waals surface area contributed by atoms with Crippen LogP contribution in [-0.4, -0.2) is 27.3 Å². The van der Waals surface area contributed by atoms with Crippen molar-refractivity contribution in [2.24, 2.45) is 5.10 Å². The quantitative estimate of drug-likeness (QED) is 0.400. The number of benzene rings is 2. The van der Waals surface area contributed by atoms with Crippen molar-refractivity contribution in [2.75, 3.05) is 0 Å². The Hall–Kier alpha value is -4.39. The van der Waals surface area contributed by atoms with Crippen molar-refractivity contribution in [3.8, 4) is 22.4 Å². The molecule has 0 bridgehead atoms. The van der Waals surface area contributed by atoms with Gasteiger partial charge in [-0.15, -0.1) is 0 Å². The van der Waals surface area contributed by atoms with E-state index >= 15 is 0 Å². The molecule has 0 fully saturated rings. The van der Waals surface area contributed by atoms with Crippen LogP contribution in [0.1, 0.15) is 15.9 Å². The van der Waals surface area contributed by atoms with Gasteiger partial charge in [0.15, 0.2) is 0 Å². The second-order valence-corrected chi connectivity index (χ2v) is 6.37. The van der Waals surface area contributed by atoms with Crippen LogP contribution in [0.15, 0.2) is 95.1 Å². The normalized spacial score (nSPS) is 10.8. The molecule has 0 atom stereocenters. The number of hydrogen-bond acceptors (Lipinski definition) is 5. The molecule has 4 aromatic rings. The van der Waals surface area contributed by atoms with Crippen LogP contribution in [0.3, 0.4) is 0 Å². The molecule has 0 aliphatic carbocycles. The molecule has 0 radical (unpaired) electrons. The summed E-state index contributed by atoms with van der Waals surface area (Å²) in [5.41, 5.74) is 4.93. The molecule has 146 valence electrons. The number of nitrogens with one attached hydrogen (secondary N) is 2. The predicted molar refractivity (Wildman–Crippen MR) is 115 cm³/mol. The van der Waals surface area contributed by atoms with E-state index in [4.69, 9.17) is 0 Å². The van der Waals surface area contributed by atoms with Crippen LogP contribution < -0.4 is 11.0 Å². The molecule has 1 amide bonds. The molecule has 0 unspecified atom stereocenters. The predicted octanol–water partition coefficient (Wildman–Crippen LogP) is 3.26. The first-order chi connectivity index (χ1) is 14.7. The summed E-state index contributed by atoms with van der Waals surface area (Å²) >= 11 is 0. The molecular formula is C23H17N5O2. The monoisotopic (exact) mass is 395 g/mol. The number of pyridine rings is 1. The highest BCUT2D eigenvalue weighted by Gasteiger charge is 2.22. The number of aromatic nitrogens is 3. The first kappa shape index (κ1) is 18.9. The minimum atomic E-state index is -0.630. The lowest BCUT2D eigenvalue weighted by atomic mass is 9.95. The van der Waals surface area contributed by atoms with Crippen molar-refractivity contribution in [3.05, 3.63) is 107 Å². The number of aromatic amines is 1. The number of carbonyl (C=O) groups is 1. The lowest BCUT2D eigenvalue weighted by Crippen LogP contribution is -2.28. The second kappa shape index (κ2) is 8.74. The smallest absolute Gasteiger partial charge is 0.267 e. The van der Waals surface area contributed by atoms with Gasteiger partial charge in [0.1, 0.15) is 5.56 Å². The minimum absolute atomic E-state index is 0.0570. The van der Waals surface area contributed by atoms with E-state index in [0.29, 0.717) is 16.8 Å². The summed E-state index contributed by atoms with van der Waals surface area (Å²) in [6, 6.07) is 22.1. The number of nitrogens with zero attached hydrogens (tertiary/aromatic N) is 3. The van der Waals surface area contributed by atoms with E-state index in [1.54, 1.807) is 24.5 Å². The summed E-state index contributed by atoms with van der Waals surface area (Å²) in [6.45, 7) is 0. The lowest BCUT2D eigenvalue weighted by Gasteiger charge is -2.12. The molecule has 4 rings (SSSR count). The molecule has 30 heavy (non-hydrogen) atoms. The molecule has 2 aromatic heterocycles. The second-order valence-electron chi connectivity index (χ2n) is 6.37. The van der Waals surface area contributed by atoms with Crippen LogP contribution in [-0.2, 0) is 0 Å². The Balaban J connectivity index is 1.79. The summed E-state index contributed by atoms with van der Waals surface area (Å²) in [5, 5.41) is 10.6. The van der Waals surface area contributed by atoms with E-state index in [2.05, 4.69) is 25.7 Å². The molecule has 0 saturated carbocycles. The number of H-pyrrole nitrogens is 1. The van der Waals surface area contributed by atoms with Gasteiger partial charge < -0.3 is 0 Å². The Bertz CT molecular complexity index is 1240. The third-order valence-electron chi connectivity index (χ3n) is 4.38. The van der Waals surface area contributed by atoms with Gasteiger partial charge in [-0.3, -0.25) is 14.6 Å². The zero-order valence-corrected chi connectivity index (χ0v) is 15.8. The number of amides is 1. The zero-order valence-electron chi connectivity index (χ0n) is 15.8. The van der Waals surface area contributed by atoms with Gasteiger partial charge >= 0.3 is 0 Å². The Morgan fingerprint density at radius 1 is 0.933 bits per heavy atom. The van der Waals surface area contributed by atoms with Crippen molar-refractivity contribution in [3.63, 3.8) is 0 Å². The summed E-state index contributed by atoms with van der Waals surface area (Å²) < 4.78 is 0. The Kier molecular flexibility index (Phi) is 5.52. The molecule has 0 saturated heterocycles. The molecule has 7 nitrogen and oxygen atoms in total. The summed E-state index contributed by atoms with van der Waals surface area (Å²) in [4.78, 5) is 29.6. The molecular weight excluding hydrogens is 378 g/mol. The van der Waals surface area contributed by atoms with Gasteiger partial charge in [0.2, 0.25) is 0 Å². The van der Waals surface area contributed by atoms with Crippen molar-refractivity contribution in [2.45, 2.75) is 0 Å². The van der Waals surface area contributed by atoms with Gasteiger partial charge in [0.05, 0.1) is 11.9 Å². The number of carbonyl (C=O) groups excluding carboxylic acids is 1. The van der Waals surface area contributed by atoms with Crippen LogP contribution in [0, 0.1) is 0 Å². The van der Waals surface area contributed by atoms with Gasteiger partial charge in [-0.05, 0) is 11.6 Å². The molecule has 2 aromatic carbocycles. The fourth-order valence-electron chi connectivity index (χ4n) is 3.03. The van der Waals surface area contributed by atoms with Crippen molar-refractivity contribution >= 4 is 12.1 Å². The summed E-state index contributed by atoms with van der Waals surface area (Å²) in [5.74, 6) is -0.630. The highest BCUT2D eigenvalue weighted by atomic mass is 16.2. The van der Waals surface area contributed by atoms with Crippen LogP contribution in [0.5, 0.6) is 0 Å². The van der Waals surface area contributed by atoms with Crippen molar-refractivity contribution < 1.29 is 4.79 Å². The molecule has 7 heteroatoms. The van der Waals surface area contributed by atoms with Crippen LogP contribution in [0.4, 0.5) is 0 Å². The van der Waals surface area contributed by atoms with E-state index in [1.807, 2.05) is 60.7 Å². The van der Waals surface area contributed by atoms with E-state index < -0.39 is 11.5 Å². The zero-order chi connectivity index (χ0) is 20.8. The maximum atomic E-state index is 12.9. The molecule has 0 aliphatic heterocycles. The minimum Gasteiger partial charge on any atom is -0.267 e. The fourth-order valence-corrected chi connectivity index (χ4v) is 3.03. The van der Waals surface area contributed by atoms with E-state index in [0.717, 1.165) is 11.1 Å². The average molecular weight is 395 g/mol. The highest BCUT2D eigenvalue weighted by molar-refractivity contribution is 6.03. The summed E-state index contributed by atoms with van der Waals surface area (Å²) in [7, 11) is 0. The largest absolute Gasteiger partial charge is 0.277 e. The molecule has 0 spiro atoms. The van der Waals surface area contributed by atoms with Gasteiger partial charge in [-0.2, -0.15) is 10.2 Å². The standard InChI is InChI=1S/C23H17N5O2/c29-22(27-25-15-16-8-7-13-24-14-16)20-19(17-9-3-1-4-10-17)21(26-28-23(20)30)18-11-5-2-6-12-18/h1-15H,(H,27,29)(H,28,30). The van der Waals surface area contributed by atoms with E-state index in [9.17, 15) is 9.59 Å².